The van der Waals surface area contributed by atoms with Crippen molar-refractivity contribution >= 4 is 17.4 Å². The van der Waals surface area contributed by atoms with Crippen molar-refractivity contribution in [3.05, 3.63) is 66.0 Å². The number of aromatic nitrogens is 3. The van der Waals surface area contributed by atoms with E-state index in [1.807, 2.05) is 47.0 Å². The van der Waals surface area contributed by atoms with E-state index < -0.39 is 0 Å². The molecule has 120 valence electrons. The van der Waals surface area contributed by atoms with Gasteiger partial charge in [-0.15, -0.1) is 10.2 Å². The van der Waals surface area contributed by atoms with E-state index >= 15 is 0 Å². The van der Waals surface area contributed by atoms with Crippen molar-refractivity contribution in [1.29, 1.82) is 5.26 Å². The number of nitrogens with zero attached hydrogens (tertiary/aromatic N) is 4. The second-order valence-corrected chi connectivity index (χ2v) is 6.18. The number of aryl methyl sites for hydroxylation is 1. The lowest BCUT2D eigenvalue weighted by Crippen LogP contribution is -2.08. The summed E-state index contributed by atoms with van der Waals surface area (Å²) in [7, 11) is 0. The van der Waals surface area contributed by atoms with Crippen LogP contribution in [0.25, 0.3) is 5.69 Å². The van der Waals surface area contributed by atoms with Crippen LogP contribution in [0.2, 0.25) is 0 Å². The summed E-state index contributed by atoms with van der Waals surface area (Å²) in [6.45, 7) is 2.62. The minimum Gasteiger partial charge on any atom is -0.378 e. The molecule has 0 spiro atoms. The number of thioether (sulfide) groups is 1. The molecule has 6 heteroatoms. The average Bonchev–Trinajstić information content (AvgIpc) is 3.03. The van der Waals surface area contributed by atoms with E-state index in [-0.39, 0.29) is 0 Å². The van der Waals surface area contributed by atoms with Crippen molar-refractivity contribution in [2.24, 2.45) is 0 Å². The Morgan fingerprint density at radius 2 is 1.83 bits per heavy atom. The lowest BCUT2D eigenvalue weighted by Gasteiger charge is -2.11. The molecule has 2 aromatic carbocycles. The van der Waals surface area contributed by atoms with Crippen LogP contribution >= 0.6 is 11.8 Å². The highest BCUT2D eigenvalue weighted by Gasteiger charge is 2.14. The second kappa shape index (κ2) is 7.66. The van der Waals surface area contributed by atoms with E-state index in [0.29, 0.717) is 12.3 Å². The van der Waals surface area contributed by atoms with Crippen molar-refractivity contribution in [3.63, 3.8) is 0 Å². The molecule has 0 bridgehead atoms. The van der Waals surface area contributed by atoms with E-state index in [0.717, 1.165) is 22.4 Å². The van der Waals surface area contributed by atoms with Crippen molar-refractivity contribution in [2.45, 2.75) is 18.6 Å². The van der Waals surface area contributed by atoms with Crippen LogP contribution in [-0.2, 0) is 6.54 Å². The Morgan fingerprint density at radius 1 is 1.08 bits per heavy atom. The predicted molar refractivity (Wildman–Crippen MR) is 96.2 cm³/mol. The van der Waals surface area contributed by atoms with Gasteiger partial charge in [0.05, 0.1) is 18.4 Å². The molecule has 0 aliphatic rings. The maximum absolute atomic E-state index is 8.83. The van der Waals surface area contributed by atoms with Gasteiger partial charge in [-0.05, 0) is 31.2 Å². The van der Waals surface area contributed by atoms with Gasteiger partial charge in [-0.25, -0.2) is 0 Å². The van der Waals surface area contributed by atoms with Gasteiger partial charge in [0.1, 0.15) is 0 Å². The molecule has 0 radical (unpaired) electrons. The van der Waals surface area contributed by atoms with Crippen LogP contribution in [0.1, 0.15) is 11.4 Å². The van der Waals surface area contributed by atoms with Gasteiger partial charge in [-0.1, -0.05) is 47.7 Å². The highest BCUT2D eigenvalue weighted by molar-refractivity contribution is 7.99. The Morgan fingerprint density at radius 3 is 2.54 bits per heavy atom. The molecule has 24 heavy (non-hydrogen) atoms. The first-order valence-corrected chi connectivity index (χ1v) is 8.56. The van der Waals surface area contributed by atoms with Crippen molar-refractivity contribution in [3.8, 4) is 11.8 Å². The quantitative estimate of drug-likeness (QED) is 0.694. The van der Waals surface area contributed by atoms with Crippen LogP contribution in [-0.4, -0.2) is 20.5 Å². The molecule has 0 saturated heterocycles. The molecule has 3 aromatic rings. The van der Waals surface area contributed by atoms with E-state index in [1.54, 1.807) is 0 Å². The van der Waals surface area contributed by atoms with Crippen LogP contribution in [0.4, 0.5) is 5.69 Å². The summed E-state index contributed by atoms with van der Waals surface area (Å²) in [4.78, 5) is 0. The summed E-state index contributed by atoms with van der Waals surface area (Å²) in [5, 5.41) is 21.5. The molecule has 5 nitrogen and oxygen atoms in total. The minimum absolute atomic E-state index is 0.344. The molecule has 0 saturated carbocycles. The number of nitriles is 1. The van der Waals surface area contributed by atoms with Crippen LogP contribution in [0, 0.1) is 18.3 Å². The number of anilines is 1. The molecule has 0 fully saturated rings. The number of rotatable bonds is 6. The monoisotopic (exact) mass is 335 g/mol. The average molecular weight is 335 g/mol. The molecule has 0 unspecified atom stereocenters. The van der Waals surface area contributed by atoms with Crippen LogP contribution in [0.3, 0.4) is 0 Å². The molecule has 0 amide bonds. The SMILES string of the molecule is Cc1ccc(NCc2nnc(SCC#N)n2-c2ccccc2)cc1. The van der Waals surface area contributed by atoms with Gasteiger partial charge in [0.25, 0.3) is 0 Å². The van der Waals surface area contributed by atoms with Crippen molar-refractivity contribution < 1.29 is 0 Å². The Hall–Kier alpha value is -2.78. The van der Waals surface area contributed by atoms with Crippen molar-refractivity contribution in [2.75, 3.05) is 11.1 Å². The molecule has 1 heterocycles. The fraction of sp³-hybridized carbons (Fsp3) is 0.167. The van der Waals surface area contributed by atoms with Gasteiger partial charge in [-0.3, -0.25) is 4.57 Å². The fourth-order valence-electron chi connectivity index (χ4n) is 2.29. The van der Waals surface area contributed by atoms with Gasteiger partial charge in [0, 0.05) is 11.4 Å². The molecular weight excluding hydrogens is 318 g/mol. The Balaban J connectivity index is 1.85. The van der Waals surface area contributed by atoms with E-state index in [2.05, 4.69) is 40.6 Å². The first-order chi connectivity index (χ1) is 11.8. The maximum atomic E-state index is 8.83. The maximum Gasteiger partial charge on any atom is 0.196 e. The first kappa shape index (κ1) is 16.1. The largest absolute Gasteiger partial charge is 0.378 e. The second-order valence-electron chi connectivity index (χ2n) is 5.24. The Kier molecular flexibility index (Phi) is 5.14. The summed E-state index contributed by atoms with van der Waals surface area (Å²) in [6.07, 6.45) is 0. The summed E-state index contributed by atoms with van der Waals surface area (Å²) < 4.78 is 1.99. The Labute approximate surface area is 145 Å². The summed E-state index contributed by atoms with van der Waals surface area (Å²) >= 11 is 1.39. The molecule has 1 N–H and O–H groups in total. The summed E-state index contributed by atoms with van der Waals surface area (Å²) in [5.41, 5.74) is 3.25. The number of hydrogen-bond acceptors (Lipinski definition) is 5. The van der Waals surface area contributed by atoms with Crippen LogP contribution in [0.15, 0.2) is 59.8 Å². The number of para-hydroxylation sites is 1. The normalized spacial score (nSPS) is 10.3. The zero-order valence-corrected chi connectivity index (χ0v) is 14.1. The van der Waals surface area contributed by atoms with Gasteiger partial charge >= 0.3 is 0 Å². The smallest absolute Gasteiger partial charge is 0.196 e. The van der Waals surface area contributed by atoms with Gasteiger partial charge in [-0.2, -0.15) is 5.26 Å². The molecule has 1 aromatic heterocycles. The van der Waals surface area contributed by atoms with Crippen LogP contribution < -0.4 is 5.32 Å². The third-order valence-corrected chi connectivity index (χ3v) is 4.28. The predicted octanol–water partition coefficient (Wildman–Crippen LogP) is 3.80. The standard InChI is InChI=1S/C18H17N5S/c1-14-7-9-15(10-8-14)20-13-17-21-22-18(24-12-11-19)23(17)16-5-3-2-4-6-16/h2-10,20H,12-13H2,1H3. The first-order valence-electron chi connectivity index (χ1n) is 7.58. The van der Waals surface area contributed by atoms with E-state index in [9.17, 15) is 0 Å². The van der Waals surface area contributed by atoms with Gasteiger partial charge < -0.3 is 5.32 Å². The minimum atomic E-state index is 0.344. The van der Waals surface area contributed by atoms with Gasteiger partial charge in [0.15, 0.2) is 11.0 Å². The molecule has 0 aliphatic heterocycles. The highest BCUT2D eigenvalue weighted by atomic mass is 32.2. The van der Waals surface area contributed by atoms with Crippen LogP contribution in [0.5, 0.6) is 0 Å². The number of nitrogens with one attached hydrogen (secondary N) is 1. The Bertz CT molecular complexity index is 834. The molecule has 3 rings (SSSR count). The number of benzene rings is 2. The van der Waals surface area contributed by atoms with E-state index in [4.69, 9.17) is 5.26 Å². The van der Waals surface area contributed by atoms with Crippen molar-refractivity contribution in [1.82, 2.24) is 14.8 Å². The zero-order valence-electron chi connectivity index (χ0n) is 13.3. The molecule has 0 aliphatic carbocycles. The summed E-state index contributed by atoms with van der Waals surface area (Å²) in [5.74, 6) is 1.15. The molecule has 0 atom stereocenters. The third-order valence-electron chi connectivity index (χ3n) is 3.48. The zero-order chi connectivity index (χ0) is 16.8. The number of hydrogen-bond donors (Lipinski definition) is 1. The van der Waals surface area contributed by atoms with E-state index in [1.165, 1.54) is 17.3 Å². The van der Waals surface area contributed by atoms with Gasteiger partial charge in [0.2, 0.25) is 0 Å². The fourth-order valence-corrected chi connectivity index (χ4v) is 2.93. The summed E-state index contributed by atoms with van der Waals surface area (Å²) in [6, 6.07) is 20.3. The lowest BCUT2D eigenvalue weighted by atomic mass is 10.2. The topological polar surface area (TPSA) is 66.5 Å². The third kappa shape index (κ3) is 3.76. The highest BCUT2D eigenvalue weighted by Crippen LogP contribution is 2.22. The molecular formula is C18H17N5S. The lowest BCUT2D eigenvalue weighted by molar-refractivity contribution is 0.842.